The summed E-state index contributed by atoms with van der Waals surface area (Å²) in [7, 11) is 0. The lowest BCUT2D eigenvalue weighted by Gasteiger charge is -2.31. The van der Waals surface area contributed by atoms with E-state index >= 15 is 0 Å². The van der Waals surface area contributed by atoms with Gasteiger partial charge < -0.3 is 0 Å². The number of imide groups is 1. The number of carbonyl (C=O) groups excluding carboxylic acids is 2. The standard InChI is InChI=1S/C13H17N3O2/c1-2-11-13(18)16(12(17)9-15-11)8-5-10-3-6-14-7-4-10/h3-4,6-7,11,15H,2,5,8-9H2,1H3. The molecule has 1 fully saturated rings. The van der Waals surface area contributed by atoms with Crippen molar-refractivity contribution in [3.63, 3.8) is 0 Å². The summed E-state index contributed by atoms with van der Waals surface area (Å²) >= 11 is 0. The molecule has 0 aromatic carbocycles. The first-order valence-electron chi connectivity index (χ1n) is 6.19. The van der Waals surface area contributed by atoms with E-state index in [4.69, 9.17) is 0 Å². The van der Waals surface area contributed by atoms with E-state index in [1.807, 2.05) is 19.1 Å². The van der Waals surface area contributed by atoms with Gasteiger partial charge in [-0.1, -0.05) is 6.92 Å². The number of amides is 2. The Balaban J connectivity index is 1.98. The van der Waals surface area contributed by atoms with Gasteiger partial charge in [-0.3, -0.25) is 24.8 Å². The summed E-state index contributed by atoms with van der Waals surface area (Å²) in [5, 5.41) is 2.95. The van der Waals surface area contributed by atoms with Crippen LogP contribution >= 0.6 is 0 Å². The van der Waals surface area contributed by atoms with Crippen molar-refractivity contribution in [1.29, 1.82) is 0 Å². The van der Waals surface area contributed by atoms with E-state index in [2.05, 4.69) is 10.3 Å². The molecule has 2 rings (SSSR count). The summed E-state index contributed by atoms with van der Waals surface area (Å²) in [6.07, 6.45) is 4.81. The quantitative estimate of drug-likeness (QED) is 0.780. The van der Waals surface area contributed by atoms with Gasteiger partial charge in [0.15, 0.2) is 0 Å². The number of nitrogens with one attached hydrogen (secondary N) is 1. The molecule has 18 heavy (non-hydrogen) atoms. The van der Waals surface area contributed by atoms with E-state index in [9.17, 15) is 9.59 Å². The fraction of sp³-hybridized carbons (Fsp3) is 0.462. The van der Waals surface area contributed by atoms with Crippen LogP contribution < -0.4 is 5.32 Å². The van der Waals surface area contributed by atoms with Gasteiger partial charge in [0.1, 0.15) is 0 Å². The summed E-state index contributed by atoms with van der Waals surface area (Å²) in [6.45, 7) is 2.63. The molecule has 1 N–H and O–H groups in total. The van der Waals surface area contributed by atoms with Crippen LogP contribution in [0.5, 0.6) is 0 Å². The molecule has 1 atom stereocenters. The molecule has 1 unspecified atom stereocenters. The molecule has 5 nitrogen and oxygen atoms in total. The van der Waals surface area contributed by atoms with E-state index in [0.29, 0.717) is 19.4 Å². The van der Waals surface area contributed by atoms with E-state index in [-0.39, 0.29) is 24.4 Å². The second kappa shape index (κ2) is 5.73. The summed E-state index contributed by atoms with van der Waals surface area (Å²) in [5.41, 5.74) is 1.08. The molecule has 1 aliphatic rings. The summed E-state index contributed by atoms with van der Waals surface area (Å²) in [5.74, 6) is -0.249. The van der Waals surface area contributed by atoms with Crippen molar-refractivity contribution < 1.29 is 9.59 Å². The van der Waals surface area contributed by atoms with E-state index in [1.165, 1.54) is 4.90 Å². The van der Waals surface area contributed by atoms with Crippen LogP contribution in [0.1, 0.15) is 18.9 Å². The van der Waals surface area contributed by atoms with Crippen molar-refractivity contribution in [2.45, 2.75) is 25.8 Å². The Kier molecular flexibility index (Phi) is 4.04. The molecule has 1 aliphatic heterocycles. The number of pyridine rings is 1. The van der Waals surface area contributed by atoms with Crippen molar-refractivity contribution in [1.82, 2.24) is 15.2 Å². The molecular formula is C13H17N3O2. The summed E-state index contributed by atoms with van der Waals surface area (Å²) in [4.78, 5) is 29.0. The Morgan fingerprint density at radius 3 is 2.78 bits per heavy atom. The highest BCUT2D eigenvalue weighted by molar-refractivity contribution is 6.01. The normalized spacial score (nSPS) is 20.3. The average molecular weight is 247 g/mol. The number of carbonyl (C=O) groups is 2. The molecule has 96 valence electrons. The Morgan fingerprint density at radius 2 is 2.11 bits per heavy atom. The molecule has 2 heterocycles. The molecule has 0 saturated carbocycles. The zero-order chi connectivity index (χ0) is 13.0. The second-order valence-corrected chi connectivity index (χ2v) is 4.33. The summed E-state index contributed by atoms with van der Waals surface area (Å²) < 4.78 is 0. The molecule has 5 heteroatoms. The van der Waals surface area contributed by atoms with Crippen molar-refractivity contribution in [2.24, 2.45) is 0 Å². The second-order valence-electron chi connectivity index (χ2n) is 4.33. The number of hydrogen-bond donors (Lipinski definition) is 1. The third kappa shape index (κ3) is 2.73. The molecule has 1 aromatic heterocycles. The molecular weight excluding hydrogens is 230 g/mol. The molecule has 1 aromatic rings. The van der Waals surface area contributed by atoms with Gasteiger partial charge in [0.2, 0.25) is 11.8 Å². The van der Waals surface area contributed by atoms with Crippen LogP contribution in [0.3, 0.4) is 0 Å². The zero-order valence-electron chi connectivity index (χ0n) is 10.4. The highest BCUT2D eigenvalue weighted by atomic mass is 16.2. The number of piperazine rings is 1. The van der Waals surface area contributed by atoms with Crippen molar-refractivity contribution in [2.75, 3.05) is 13.1 Å². The van der Waals surface area contributed by atoms with Crippen LogP contribution in [0.2, 0.25) is 0 Å². The lowest BCUT2D eigenvalue weighted by atomic mass is 10.1. The SMILES string of the molecule is CCC1NCC(=O)N(CCc2ccncc2)C1=O. The maximum absolute atomic E-state index is 12.0. The van der Waals surface area contributed by atoms with Crippen molar-refractivity contribution >= 4 is 11.8 Å². The minimum atomic E-state index is -0.222. The van der Waals surface area contributed by atoms with Crippen molar-refractivity contribution in [3.8, 4) is 0 Å². The monoisotopic (exact) mass is 247 g/mol. The molecule has 2 amide bonds. The number of rotatable bonds is 4. The van der Waals surface area contributed by atoms with Gasteiger partial charge in [-0.25, -0.2) is 0 Å². The molecule has 0 aliphatic carbocycles. The third-order valence-corrected chi connectivity index (χ3v) is 3.15. The van der Waals surface area contributed by atoms with Gasteiger partial charge in [-0.2, -0.15) is 0 Å². The van der Waals surface area contributed by atoms with Gasteiger partial charge in [0, 0.05) is 18.9 Å². The Hall–Kier alpha value is -1.75. The highest BCUT2D eigenvalue weighted by Gasteiger charge is 2.32. The van der Waals surface area contributed by atoms with Crippen LogP contribution in [0.4, 0.5) is 0 Å². The van der Waals surface area contributed by atoms with E-state index in [1.54, 1.807) is 12.4 Å². The van der Waals surface area contributed by atoms with Crippen LogP contribution in [0.15, 0.2) is 24.5 Å². The van der Waals surface area contributed by atoms with Crippen LogP contribution in [0, 0.1) is 0 Å². The Labute approximate surface area is 106 Å². The first-order valence-corrected chi connectivity index (χ1v) is 6.19. The maximum Gasteiger partial charge on any atom is 0.246 e. The van der Waals surface area contributed by atoms with Gasteiger partial charge >= 0.3 is 0 Å². The molecule has 0 spiro atoms. The van der Waals surface area contributed by atoms with Crippen LogP contribution in [0.25, 0.3) is 0 Å². The van der Waals surface area contributed by atoms with E-state index < -0.39 is 0 Å². The number of nitrogens with zero attached hydrogens (tertiary/aromatic N) is 2. The minimum Gasteiger partial charge on any atom is -0.297 e. The molecule has 1 saturated heterocycles. The topological polar surface area (TPSA) is 62.3 Å². The fourth-order valence-corrected chi connectivity index (χ4v) is 2.05. The average Bonchev–Trinajstić information content (AvgIpc) is 2.40. The molecule has 0 bridgehead atoms. The largest absolute Gasteiger partial charge is 0.297 e. The lowest BCUT2D eigenvalue weighted by molar-refractivity contribution is -0.149. The van der Waals surface area contributed by atoms with Gasteiger partial charge in [-0.15, -0.1) is 0 Å². The van der Waals surface area contributed by atoms with Gasteiger partial charge in [-0.05, 0) is 30.5 Å². The van der Waals surface area contributed by atoms with Crippen molar-refractivity contribution in [3.05, 3.63) is 30.1 Å². The van der Waals surface area contributed by atoms with Crippen LogP contribution in [-0.4, -0.2) is 40.8 Å². The third-order valence-electron chi connectivity index (χ3n) is 3.15. The fourth-order valence-electron chi connectivity index (χ4n) is 2.05. The predicted octanol–water partition coefficient (Wildman–Crippen LogP) is 0.361. The van der Waals surface area contributed by atoms with Gasteiger partial charge in [0.25, 0.3) is 0 Å². The predicted molar refractivity (Wildman–Crippen MR) is 66.7 cm³/mol. The maximum atomic E-state index is 12.0. The zero-order valence-corrected chi connectivity index (χ0v) is 10.4. The Bertz CT molecular complexity index is 433. The highest BCUT2D eigenvalue weighted by Crippen LogP contribution is 2.08. The van der Waals surface area contributed by atoms with E-state index in [0.717, 1.165) is 5.56 Å². The summed E-state index contributed by atoms with van der Waals surface area (Å²) in [6, 6.07) is 3.57. The first kappa shape index (κ1) is 12.7. The molecule has 0 radical (unpaired) electrons. The number of hydrogen-bond acceptors (Lipinski definition) is 4. The smallest absolute Gasteiger partial charge is 0.246 e. The minimum absolute atomic E-state index is 0.109. The van der Waals surface area contributed by atoms with Gasteiger partial charge in [0.05, 0.1) is 12.6 Å². The first-order chi connectivity index (χ1) is 8.72. The lowest BCUT2D eigenvalue weighted by Crippen LogP contribution is -2.58. The number of aromatic nitrogens is 1. The van der Waals surface area contributed by atoms with Crippen LogP contribution in [-0.2, 0) is 16.0 Å². The Morgan fingerprint density at radius 1 is 1.39 bits per heavy atom.